The van der Waals surface area contributed by atoms with Crippen molar-refractivity contribution < 1.29 is 0 Å². The summed E-state index contributed by atoms with van der Waals surface area (Å²) in [6.45, 7) is 7.01. The van der Waals surface area contributed by atoms with Crippen LogP contribution >= 0.6 is 0 Å². The van der Waals surface area contributed by atoms with Crippen molar-refractivity contribution in [3.8, 4) is 0 Å². The highest BCUT2D eigenvalue weighted by Crippen LogP contribution is 2.08. The van der Waals surface area contributed by atoms with Crippen LogP contribution in [0.2, 0.25) is 0 Å². The average molecular weight is 209 g/mol. The van der Waals surface area contributed by atoms with E-state index in [-0.39, 0.29) is 5.56 Å². The van der Waals surface area contributed by atoms with E-state index >= 15 is 0 Å². The number of hydrogen-bond donors (Lipinski definition) is 2. The molecule has 1 aromatic heterocycles. The third kappa shape index (κ3) is 3.73. The molecule has 0 aromatic carbocycles. The van der Waals surface area contributed by atoms with Gasteiger partial charge < -0.3 is 10.3 Å². The molecule has 2 N–H and O–H groups in total. The van der Waals surface area contributed by atoms with E-state index in [9.17, 15) is 4.79 Å². The number of aromatic nitrogens is 2. The van der Waals surface area contributed by atoms with Gasteiger partial charge in [-0.05, 0) is 12.8 Å². The van der Waals surface area contributed by atoms with Crippen LogP contribution < -0.4 is 10.9 Å². The van der Waals surface area contributed by atoms with E-state index < -0.39 is 0 Å². The maximum atomic E-state index is 11.2. The number of nitrogens with zero attached hydrogens (tertiary/aromatic N) is 1. The second kappa shape index (κ2) is 5.53. The number of H-pyrrole nitrogens is 1. The molecule has 0 amide bonds. The summed E-state index contributed by atoms with van der Waals surface area (Å²) in [5.74, 6) is 1.96. The van der Waals surface area contributed by atoms with Gasteiger partial charge in [0.25, 0.3) is 5.56 Å². The van der Waals surface area contributed by atoms with Crippen molar-refractivity contribution in [2.45, 2.75) is 33.6 Å². The monoisotopic (exact) mass is 209 g/mol. The van der Waals surface area contributed by atoms with Crippen LogP contribution in [-0.4, -0.2) is 16.5 Å². The molecule has 1 aromatic rings. The van der Waals surface area contributed by atoms with E-state index in [1.54, 1.807) is 6.92 Å². The molecule has 0 saturated carbocycles. The van der Waals surface area contributed by atoms with Gasteiger partial charge in [-0.25, -0.2) is 4.98 Å². The molecular weight excluding hydrogens is 190 g/mol. The van der Waals surface area contributed by atoms with Crippen molar-refractivity contribution >= 4 is 5.82 Å². The van der Waals surface area contributed by atoms with Crippen molar-refractivity contribution in [1.29, 1.82) is 0 Å². The van der Waals surface area contributed by atoms with E-state index in [1.807, 2.05) is 0 Å². The minimum absolute atomic E-state index is 0.102. The first-order chi connectivity index (χ1) is 7.15. The van der Waals surface area contributed by atoms with Gasteiger partial charge in [0.2, 0.25) is 0 Å². The third-order valence-electron chi connectivity index (χ3n) is 2.59. The van der Waals surface area contributed by atoms with Crippen LogP contribution in [0.5, 0.6) is 0 Å². The predicted molar refractivity (Wildman–Crippen MR) is 62.2 cm³/mol. The standard InChI is InChI=1S/C11H19N3O/c1-4-9(5-2)7-12-10-6-11(15)14-8(3)13-10/h6,9H,4-5,7H2,1-3H3,(H2,12,13,14,15). The lowest BCUT2D eigenvalue weighted by molar-refractivity contribution is 0.518. The smallest absolute Gasteiger partial charge is 0.252 e. The number of anilines is 1. The summed E-state index contributed by atoms with van der Waals surface area (Å²) in [6.07, 6.45) is 2.29. The molecule has 0 aliphatic rings. The van der Waals surface area contributed by atoms with Crippen LogP contribution in [0.1, 0.15) is 32.5 Å². The Bertz CT molecular complexity index is 355. The molecule has 0 spiro atoms. The van der Waals surface area contributed by atoms with Gasteiger partial charge in [0, 0.05) is 12.6 Å². The first-order valence-electron chi connectivity index (χ1n) is 5.47. The number of aryl methyl sites for hydroxylation is 1. The quantitative estimate of drug-likeness (QED) is 0.779. The fourth-order valence-electron chi connectivity index (χ4n) is 1.50. The van der Waals surface area contributed by atoms with E-state index in [4.69, 9.17) is 0 Å². The molecule has 0 fully saturated rings. The fourth-order valence-corrected chi connectivity index (χ4v) is 1.50. The summed E-state index contributed by atoms with van der Waals surface area (Å²) in [7, 11) is 0. The summed E-state index contributed by atoms with van der Waals surface area (Å²) in [4.78, 5) is 18.0. The van der Waals surface area contributed by atoms with Crippen LogP contribution in [0, 0.1) is 12.8 Å². The zero-order chi connectivity index (χ0) is 11.3. The molecule has 0 atom stereocenters. The second-order valence-corrected chi connectivity index (χ2v) is 3.78. The highest BCUT2D eigenvalue weighted by molar-refractivity contribution is 5.32. The fraction of sp³-hybridized carbons (Fsp3) is 0.636. The van der Waals surface area contributed by atoms with Gasteiger partial charge in [0.15, 0.2) is 0 Å². The molecule has 0 bridgehead atoms. The van der Waals surface area contributed by atoms with Crippen LogP contribution in [0.15, 0.2) is 10.9 Å². The Morgan fingerprint density at radius 1 is 1.47 bits per heavy atom. The third-order valence-corrected chi connectivity index (χ3v) is 2.59. The Kier molecular flexibility index (Phi) is 4.34. The van der Waals surface area contributed by atoms with E-state index in [0.29, 0.717) is 17.6 Å². The van der Waals surface area contributed by atoms with Crippen molar-refractivity contribution in [3.05, 3.63) is 22.2 Å². The van der Waals surface area contributed by atoms with E-state index in [1.165, 1.54) is 6.07 Å². The zero-order valence-electron chi connectivity index (χ0n) is 9.63. The van der Waals surface area contributed by atoms with Crippen LogP contribution in [-0.2, 0) is 0 Å². The van der Waals surface area contributed by atoms with Gasteiger partial charge in [-0.2, -0.15) is 0 Å². The Morgan fingerprint density at radius 2 is 2.13 bits per heavy atom. The van der Waals surface area contributed by atoms with Gasteiger partial charge in [0.05, 0.1) is 0 Å². The molecule has 4 heteroatoms. The average Bonchev–Trinajstić information content (AvgIpc) is 2.18. The lowest BCUT2D eigenvalue weighted by Crippen LogP contribution is -2.17. The van der Waals surface area contributed by atoms with Gasteiger partial charge in [-0.15, -0.1) is 0 Å². The van der Waals surface area contributed by atoms with Crippen molar-refractivity contribution in [3.63, 3.8) is 0 Å². The maximum Gasteiger partial charge on any atom is 0.252 e. The molecule has 0 radical (unpaired) electrons. The molecule has 84 valence electrons. The highest BCUT2D eigenvalue weighted by atomic mass is 16.1. The summed E-state index contributed by atoms with van der Waals surface area (Å²) in [5, 5.41) is 3.20. The molecule has 0 aliphatic heterocycles. The molecule has 0 saturated heterocycles. The molecule has 0 aliphatic carbocycles. The van der Waals surface area contributed by atoms with E-state index in [2.05, 4.69) is 29.1 Å². The topological polar surface area (TPSA) is 57.8 Å². The minimum Gasteiger partial charge on any atom is -0.370 e. The maximum absolute atomic E-state index is 11.2. The Hall–Kier alpha value is -1.32. The lowest BCUT2D eigenvalue weighted by atomic mass is 10.0. The van der Waals surface area contributed by atoms with Crippen LogP contribution in [0.4, 0.5) is 5.82 Å². The first-order valence-corrected chi connectivity index (χ1v) is 5.47. The van der Waals surface area contributed by atoms with Gasteiger partial charge in [0.1, 0.15) is 11.6 Å². The summed E-state index contributed by atoms with van der Waals surface area (Å²) < 4.78 is 0. The number of aromatic amines is 1. The Morgan fingerprint density at radius 3 is 2.67 bits per heavy atom. The van der Waals surface area contributed by atoms with Gasteiger partial charge >= 0.3 is 0 Å². The molecular formula is C11H19N3O. The zero-order valence-corrected chi connectivity index (χ0v) is 9.63. The molecule has 15 heavy (non-hydrogen) atoms. The van der Waals surface area contributed by atoms with Crippen molar-refractivity contribution in [2.75, 3.05) is 11.9 Å². The summed E-state index contributed by atoms with van der Waals surface area (Å²) in [6, 6.07) is 1.50. The van der Waals surface area contributed by atoms with Crippen LogP contribution in [0.3, 0.4) is 0 Å². The van der Waals surface area contributed by atoms with Crippen molar-refractivity contribution in [2.24, 2.45) is 5.92 Å². The second-order valence-electron chi connectivity index (χ2n) is 3.78. The molecule has 1 heterocycles. The minimum atomic E-state index is -0.102. The molecule has 1 rings (SSSR count). The number of hydrogen-bond acceptors (Lipinski definition) is 3. The number of rotatable bonds is 5. The van der Waals surface area contributed by atoms with Crippen molar-refractivity contribution in [1.82, 2.24) is 9.97 Å². The Labute approximate surface area is 90.1 Å². The normalized spacial score (nSPS) is 10.7. The lowest BCUT2D eigenvalue weighted by Gasteiger charge is -2.13. The summed E-state index contributed by atoms with van der Waals surface area (Å²) in [5.41, 5.74) is -0.102. The molecule has 4 nitrogen and oxygen atoms in total. The summed E-state index contributed by atoms with van der Waals surface area (Å²) >= 11 is 0. The molecule has 0 unspecified atom stereocenters. The first kappa shape index (κ1) is 11.8. The van der Waals surface area contributed by atoms with Gasteiger partial charge in [-0.3, -0.25) is 4.79 Å². The van der Waals surface area contributed by atoms with Gasteiger partial charge in [-0.1, -0.05) is 26.7 Å². The van der Waals surface area contributed by atoms with Crippen LogP contribution in [0.25, 0.3) is 0 Å². The largest absolute Gasteiger partial charge is 0.370 e. The number of nitrogens with one attached hydrogen (secondary N) is 2. The predicted octanol–water partition coefficient (Wildman–Crippen LogP) is 1.93. The van der Waals surface area contributed by atoms with E-state index in [0.717, 1.165) is 19.4 Å². The SMILES string of the molecule is CCC(CC)CNc1cc(=O)[nH]c(C)n1. The highest BCUT2D eigenvalue weighted by Gasteiger charge is 2.04. The Balaban J connectivity index is 2.61.